The summed E-state index contributed by atoms with van der Waals surface area (Å²) >= 11 is 0. The third kappa shape index (κ3) is 6.18. The standard InChI is InChI=1S/C57H37NO/c1-3-15-39(16-4-1)41-31-33-42(34-32-41)45-22-12-25-48(36-45)58(54-29-13-20-43-19-7-8-26-49(43)54)55-30-14-24-47-38-59-57-51-28-10-9-27-50(51)52(37-53(57)56(47)55)46-23-11-21-44(35-46)40-17-5-2-6-18-40/h1-11,13-24,26-37H,38H2. The van der Waals surface area contributed by atoms with E-state index in [1.807, 2.05) is 6.07 Å². The molecule has 2 heteroatoms. The van der Waals surface area contributed by atoms with Crippen LogP contribution >= 0.6 is 0 Å². The first-order valence-corrected chi connectivity index (χ1v) is 20.1. The molecule has 276 valence electrons. The van der Waals surface area contributed by atoms with Crippen LogP contribution in [0.2, 0.25) is 0 Å². The quantitative estimate of drug-likeness (QED) is 0.161. The number of hydrogen-bond donors (Lipinski definition) is 0. The summed E-state index contributed by atoms with van der Waals surface area (Å²) in [5, 5.41) is 4.59. The van der Waals surface area contributed by atoms with Gasteiger partial charge in [-0.1, -0.05) is 182 Å². The van der Waals surface area contributed by atoms with Crippen molar-refractivity contribution >= 4 is 38.6 Å². The first-order chi connectivity index (χ1) is 29.3. The van der Waals surface area contributed by atoms with Crippen LogP contribution in [0, 0.1) is 12.1 Å². The van der Waals surface area contributed by atoms with Gasteiger partial charge in [0.1, 0.15) is 12.4 Å². The number of fused-ring (bicyclic) bond motifs is 6. The molecule has 0 spiro atoms. The summed E-state index contributed by atoms with van der Waals surface area (Å²) in [6.45, 7) is 0.468. The third-order valence-electron chi connectivity index (χ3n) is 11.6. The zero-order valence-corrected chi connectivity index (χ0v) is 32.3. The van der Waals surface area contributed by atoms with Crippen molar-refractivity contribution in [2.75, 3.05) is 4.90 Å². The zero-order chi connectivity index (χ0) is 39.1. The normalized spacial score (nSPS) is 11.7. The topological polar surface area (TPSA) is 12.5 Å². The van der Waals surface area contributed by atoms with Crippen LogP contribution in [0.1, 0.15) is 5.56 Å². The van der Waals surface area contributed by atoms with Gasteiger partial charge in [0.15, 0.2) is 0 Å². The highest BCUT2D eigenvalue weighted by Crippen LogP contribution is 2.52. The fourth-order valence-corrected chi connectivity index (χ4v) is 8.76. The molecule has 2 nitrogen and oxygen atoms in total. The molecule has 1 heterocycles. The van der Waals surface area contributed by atoms with E-state index in [9.17, 15) is 0 Å². The molecule has 0 aliphatic carbocycles. The molecule has 0 amide bonds. The lowest BCUT2D eigenvalue weighted by molar-refractivity contribution is 0.306. The average Bonchev–Trinajstić information content (AvgIpc) is 3.32. The minimum atomic E-state index is 0.468. The van der Waals surface area contributed by atoms with Crippen LogP contribution in [0.4, 0.5) is 17.1 Å². The van der Waals surface area contributed by atoms with Crippen molar-refractivity contribution in [3.05, 3.63) is 230 Å². The van der Waals surface area contributed by atoms with E-state index < -0.39 is 0 Å². The Kier molecular flexibility index (Phi) is 8.50. The van der Waals surface area contributed by atoms with Gasteiger partial charge in [0.25, 0.3) is 0 Å². The van der Waals surface area contributed by atoms with Crippen molar-refractivity contribution in [3.8, 4) is 61.4 Å². The van der Waals surface area contributed by atoms with Crippen LogP contribution in [0.15, 0.2) is 212 Å². The van der Waals surface area contributed by atoms with E-state index in [2.05, 4.69) is 223 Å². The molecule has 0 unspecified atom stereocenters. The van der Waals surface area contributed by atoms with Gasteiger partial charge in [-0.2, -0.15) is 0 Å². The van der Waals surface area contributed by atoms with Crippen LogP contribution in [0.5, 0.6) is 5.75 Å². The van der Waals surface area contributed by atoms with Gasteiger partial charge >= 0.3 is 0 Å². The maximum absolute atomic E-state index is 6.75. The first kappa shape index (κ1) is 34.4. The van der Waals surface area contributed by atoms with Gasteiger partial charge in [-0.05, 0) is 103 Å². The van der Waals surface area contributed by atoms with E-state index in [1.165, 1.54) is 33.2 Å². The highest BCUT2D eigenvalue weighted by Gasteiger charge is 2.28. The lowest BCUT2D eigenvalue weighted by Gasteiger charge is -2.32. The highest BCUT2D eigenvalue weighted by molar-refractivity contribution is 6.09. The van der Waals surface area contributed by atoms with Gasteiger partial charge in [-0.3, -0.25) is 0 Å². The van der Waals surface area contributed by atoms with Crippen molar-refractivity contribution in [1.29, 1.82) is 0 Å². The van der Waals surface area contributed by atoms with E-state index in [0.717, 1.165) is 72.4 Å². The Hall–Kier alpha value is -7.86. The molecule has 1 aliphatic rings. The van der Waals surface area contributed by atoms with Gasteiger partial charge < -0.3 is 9.64 Å². The molecule has 0 saturated heterocycles. The van der Waals surface area contributed by atoms with Gasteiger partial charge in [0, 0.05) is 21.9 Å². The Morgan fingerprint density at radius 2 is 0.983 bits per heavy atom. The molecule has 0 aromatic heterocycles. The molecule has 0 fully saturated rings. The summed E-state index contributed by atoms with van der Waals surface area (Å²) in [6, 6.07) is 82.9. The number of hydrogen-bond acceptors (Lipinski definition) is 2. The molecule has 0 N–H and O–H groups in total. The minimum absolute atomic E-state index is 0.468. The molecule has 11 rings (SSSR count). The Morgan fingerprint density at radius 1 is 0.407 bits per heavy atom. The SMILES string of the molecule is c1cc(-c2ccc(-c3ccccc3)cc2)cc(N(c2cccc3c2-c2cc(-c4cccc(-c5ccccc5)c4)c4ccccc4c2OC3)c2cccc3ccccc23)c#1. The van der Waals surface area contributed by atoms with Crippen LogP contribution < -0.4 is 9.64 Å². The zero-order valence-electron chi connectivity index (χ0n) is 32.3. The lowest BCUT2D eigenvalue weighted by atomic mass is 9.87. The predicted octanol–water partition coefficient (Wildman–Crippen LogP) is 15.3. The number of ether oxygens (including phenoxy) is 1. The molecule has 59 heavy (non-hydrogen) atoms. The maximum Gasteiger partial charge on any atom is 0.135 e. The molecule has 0 bridgehead atoms. The lowest BCUT2D eigenvalue weighted by Crippen LogP contribution is -2.15. The summed E-state index contributed by atoms with van der Waals surface area (Å²) in [5.41, 5.74) is 15.7. The van der Waals surface area contributed by atoms with Crippen molar-refractivity contribution in [3.63, 3.8) is 0 Å². The van der Waals surface area contributed by atoms with Crippen LogP contribution in [-0.2, 0) is 6.61 Å². The predicted molar refractivity (Wildman–Crippen MR) is 245 cm³/mol. The number of rotatable bonds is 7. The van der Waals surface area contributed by atoms with E-state index in [4.69, 9.17) is 4.74 Å². The summed E-state index contributed by atoms with van der Waals surface area (Å²) in [6.07, 6.45) is 0. The second kappa shape index (κ2) is 14.6. The molecule has 10 aromatic carbocycles. The fraction of sp³-hybridized carbons (Fsp3) is 0.0175. The molecular weight excluding hydrogens is 715 g/mol. The van der Waals surface area contributed by atoms with Crippen LogP contribution in [0.3, 0.4) is 0 Å². The van der Waals surface area contributed by atoms with E-state index in [1.54, 1.807) is 0 Å². The highest BCUT2D eigenvalue weighted by atomic mass is 16.5. The third-order valence-corrected chi connectivity index (χ3v) is 11.6. The summed E-state index contributed by atoms with van der Waals surface area (Å²) < 4.78 is 6.75. The van der Waals surface area contributed by atoms with Crippen molar-refractivity contribution in [2.45, 2.75) is 6.61 Å². The molecule has 1 aliphatic heterocycles. The Labute approximate surface area is 344 Å². The van der Waals surface area contributed by atoms with Gasteiger partial charge in [-0.15, -0.1) is 0 Å². The number of benzene rings is 9. The first-order valence-electron chi connectivity index (χ1n) is 20.1. The second-order valence-corrected chi connectivity index (χ2v) is 15.1. The Balaban J connectivity index is 1.12. The number of nitrogens with zero attached hydrogens (tertiary/aromatic N) is 1. The van der Waals surface area contributed by atoms with Crippen molar-refractivity contribution < 1.29 is 4.74 Å². The van der Waals surface area contributed by atoms with Crippen LogP contribution in [0.25, 0.3) is 77.2 Å². The molecule has 0 radical (unpaired) electrons. The number of anilines is 3. The minimum Gasteiger partial charge on any atom is -0.488 e. The largest absolute Gasteiger partial charge is 0.488 e. The van der Waals surface area contributed by atoms with Gasteiger partial charge in [-0.25, -0.2) is 0 Å². The summed E-state index contributed by atoms with van der Waals surface area (Å²) in [5.74, 6) is 0.907. The molecule has 0 atom stereocenters. The van der Waals surface area contributed by atoms with Gasteiger partial charge in [0.2, 0.25) is 0 Å². The monoisotopic (exact) mass is 751 g/mol. The molecular formula is C57H37NO. The van der Waals surface area contributed by atoms with Crippen molar-refractivity contribution in [1.82, 2.24) is 0 Å². The van der Waals surface area contributed by atoms with Crippen LogP contribution in [-0.4, -0.2) is 0 Å². The van der Waals surface area contributed by atoms with E-state index in [-0.39, 0.29) is 0 Å². The van der Waals surface area contributed by atoms with E-state index >= 15 is 0 Å². The summed E-state index contributed by atoms with van der Waals surface area (Å²) in [7, 11) is 0. The molecule has 0 saturated carbocycles. The summed E-state index contributed by atoms with van der Waals surface area (Å²) in [4.78, 5) is 2.37. The Bertz CT molecular complexity index is 3150. The molecule has 10 aromatic rings. The second-order valence-electron chi connectivity index (χ2n) is 15.1. The van der Waals surface area contributed by atoms with Gasteiger partial charge in [0.05, 0.1) is 17.1 Å². The fourth-order valence-electron chi connectivity index (χ4n) is 8.76. The maximum atomic E-state index is 6.75. The van der Waals surface area contributed by atoms with Crippen molar-refractivity contribution in [2.24, 2.45) is 0 Å². The smallest absolute Gasteiger partial charge is 0.135 e. The van der Waals surface area contributed by atoms with E-state index in [0.29, 0.717) is 6.61 Å². The average molecular weight is 752 g/mol. The Morgan fingerprint density at radius 3 is 1.78 bits per heavy atom.